The first kappa shape index (κ1) is 29.3. The van der Waals surface area contributed by atoms with Gasteiger partial charge in [-0.25, -0.2) is 13.8 Å². The molecule has 5 nitrogen and oxygen atoms in total. The average Bonchev–Trinajstić information content (AvgIpc) is 3.36. The van der Waals surface area contributed by atoms with Crippen LogP contribution in [0.2, 0.25) is 5.15 Å². The van der Waals surface area contributed by atoms with Crippen LogP contribution in [0.4, 0.5) is 8.78 Å². The molecule has 2 aliphatic rings. The van der Waals surface area contributed by atoms with Crippen molar-refractivity contribution < 1.29 is 82.4 Å². The monoisotopic (exact) mass is 612 g/mol. The summed E-state index contributed by atoms with van der Waals surface area (Å²) in [5.74, 6) is 0.0295. The van der Waals surface area contributed by atoms with E-state index >= 15 is 0 Å². The van der Waals surface area contributed by atoms with Gasteiger partial charge in [0.05, 0.1) is 12.5 Å². The summed E-state index contributed by atoms with van der Waals surface area (Å²) < 4.78 is 31.8. The molecule has 2 aromatic heterocycles. The second kappa shape index (κ2) is 13.9. The van der Waals surface area contributed by atoms with Crippen molar-refractivity contribution >= 4 is 34.3 Å². The standard InChI is InChI=1S/C15H11ClFN3OS.C7H12FN.CH3.Cs/c1-21-15-19-12-10(7-18-13(16)11(12)17)14(20-15)22-8-9-5-3-2-4-6-9;8-6-4-7-2-1-3-9(7)5-6;;/h2-7H,8H2,1H3;6-7H,1-5H2;1H3;/q;;-1;+1. The number of thioether (sulfide) groups is 1. The summed E-state index contributed by atoms with van der Waals surface area (Å²) in [6, 6.07) is 10.6. The third-order valence-electron chi connectivity index (χ3n) is 5.45. The molecule has 2 fully saturated rings. The van der Waals surface area contributed by atoms with Crippen molar-refractivity contribution in [1.82, 2.24) is 19.9 Å². The van der Waals surface area contributed by atoms with Crippen LogP contribution in [0, 0.1) is 13.2 Å². The Kier molecular flexibility index (Phi) is 12.4. The number of nitrogens with zero attached hydrogens (tertiary/aromatic N) is 4. The summed E-state index contributed by atoms with van der Waals surface area (Å²) in [5.41, 5.74) is 1.25. The molecule has 2 aliphatic heterocycles. The number of rotatable bonds is 4. The summed E-state index contributed by atoms with van der Waals surface area (Å²) >= 11 is 7.18. The number of methoxy groups -OCH3 is 1. The maximum atomic E-state index is 14.1. The van der Waals surface area contributed by atoms with Crippen molar-refractivity contribution in [3.63, 3.8) is 0 Å². The van der Waals surface area contributed by atoms with E-state index in [1.54, 1.807) is 0 Å². The van der Waals surface area contributed by atoms with Gasteiger partial charge < -0.3 is 12.2 Å². The van der Waals surface area contributed by atoms with E-state index in [9.17, 15) is 8.78 Å². The molecule has 0 spiro atoms. The minimum absolute atomic E-state index is 0. The van der Waals surface area contributed by atoms with Crippen LogP contribution in [0.15, 0.2) is 41.6 Å². The summed E-state index contributed by atoms with van der Waals surface area (Å²) in [6.07, 6.45) is 4.29. The topological polar surface area (TPSA) is 51.1 Å². The zero-order valence-corrected chi connectivity index (χ0v) is 27.0. The van der Waals surface area contributed by atoms with E-state index in [1.165, 1.54) is 37.9 Å². The predicted molar refractivity (Wildman–Crippen MR) is 125 cm³/mol. The molecule has 4 heterocycles. The molecule has 0 N–H and O–H groups in total. The normalized spacial score (nSPS) is 19.2. The molecule has 2 atom stereocenters. The number of ether oxygens (including phenoxy) is 1. The van der Waals surface area contributed by atoms with Gasteiger partial charge in [-0.2, -0.15) is 9.97 Å². The molecule has 0 radical (unpaired) electrons. The SMILES string of the molecule is COc1nc(SCc2ccccc2)c2cnc(Cl)c(F)c2n1.FC1CC2CCCN2C1.[CH3-].[Cs+]. The first-order valence-electron chi connectivity index (χ1n) is 10.2. The van der Waals surface area contributed by atoms with Crippen molar-refractivity contribution in [1.29, 1.82) is 0 Å². The van der Waals surface area contributed by atoms with E-state index in [0.29, 0.717) is 28.8 Å². The molecule has 0 bridgehead atoms. The third kappa shape index (κ3) is 7.50. The fourth-order valence-corrected chi connectivity index (χ4v) is 5.02. The van der Waals surface area contributed by atoms with Crippen LogP contribution < -0.4 is 73.6 Å². The zero-order chi connectivity index (χ0) is 21.8. The van der Waals surface area contributed by atoms with Crippen molar-refractivity contribution in [2.75, 3.05) is 20.2 Å². The van der Waals surface area contributed by atoms with Gasteiger partial charge in [-0.15, -0.1) is 11.8 Å². The Morgan fingerprint density at radius 3 is 2.70 bits per heavy atom. The van der Waals surface area contributed by atoms with Crippen LogP contribution in [0.25, 0.3) is 10.9 Å². The minimum atomic E-state index is -0.665. The summed E-state index contributed by atoms with van der Waals surface area (Å²) in [7, 11) is 1.44. The maximum absolute atomic E-state index is 14.1. The number of hydrogen-bond donors (Lipinski definition) is 0. The molecule has 0 saturated carbocycles. The second-order valence-corrected chi connectivity index (χ2v) is 8.86. The van der Waals surface area contributed by atoms with Crippen LogP contribution >= 0.6 is 23.4 Å². The number of fused-ring (bicyclic) bond motifs is 2. The van der Waals surface area contributed by atoms with E-state index in [2.05, 4.69) is 19.9 Å². The Balaban J connectivity index is 0.000000294. The molecule has 1 aromatic carbocycles. The van der Waals surface area contributed by atoms with Crippen molar-refractivity contribution in [2.24, 2.45) is 0 Å². The largest absolute Gasteiger partial charge is 1.00 e. The molecule has 10 heteroatoms. The zero-order valence-electron chi connectivity index (χ0n) is 19.1. The van der Waals surface area contributed by atoms with Crippen molar-refractivity contribution in [3.8, 4) is 6.01 Å². The number of pyridine rings is 1. The first-order valence-corrected chi connectivity index (χ1v) is 11.5. The van der Waals surface area contributed by atoms with Gasteiger partial charge >= 0.3 is 74.9 Å². The number of alkyl halides is 1. The van der Waals surface area contributed by atoms with Gasteiger partial charge in [0.15, 0.2) is 11.0 Å². The Bertz CT molecular complexity index is 1040. The van der Waals surface area contributed by atoms with Gasteiger partial charge in [-0.05, 0) is 31.4 Å². The Morgan fingerprint density at radius 1 is 1.24 bits per heavy atom. The molecular formula is C23H26ClCsF2N4OS. The van der Waals surface area contributed by atoms with Crippen molar-refractivity contribution in [2.45, 2.75) is 42.3 Å². The van der Waals surface area contributed by atoms with Crippen LogP contribution in [0.1, 0.15) is 24.8 Å². The summed E-state index contributed by atoms with van der Waals surface area (Å²) in [5, 5.41) is 0.907. The quantitative estimate of drug-likeness (QED) is 0.196. The van der Waals surface area contributed by atoms with E-state index in [4.69, 9.17) is 16.3 Å². The Labute approximate surface area is 261 Å². The smallest absolute Gasteiger partial charge is 0.467 e. The second-order valence-electron chi connectivity index (χ2n) is 7.54. The number of hydrogen-bond acceptors (Lipinski definition) is 6. The van der Waals surface area contributed by atoms with Crippen LogP contribution in [0.3, 0.4) is 0 Å². The van der Waals surface area contributed by atoms with Gasteiger partial charge in [0.2, 0.25) is 0 Å². The number of halogens is 3. The fraction of sp³-hybridized carbons (Fsp3) is 0.391. The maximum Gasteiger partial charge on any atom is 1.00 e. The molecule has 5 rings (SSSR count). The predicted octanol–water partition coefficient (Wildman–Crippen LogP) is 2.77. The summed E-state index contributed by atoms with van der Waals surface area (Å²) in [6.45, 7) is 1.86. The van der Waals surface area contributed by atoms with Gasteiger partial charge in [0.25, 0.3) is 0 Å². The molecule has 0 aliphatic carbocycles. The number of benzene rings is 1. The van der Waals surface area contributed by atoms with E-state index < -0.39 is 12.0 Å². The average molecular weight is 613 g/mol. The van der Waals surface area contributed by atoms with Crippen LogP contribution in [-0.4, -0.2) is 52.3 Å². The first-order chi connectivity index (χ1) is 15.0. The molecule has 172 valence electrons. The van der Waals surface area contributed by atoms with Crippen LogP contribution in [-0.2, 0) is 5.75 Å². The molecule has 33 heavy (non-hydrogen) atoms. The fourth-order valence-electron chi connectivity index (χ4n) is 3.94. The number of aromatic nitrogens is 3. The Morgan fingerprint density at radius 2 is 2.00 bits per heavy atom. The minimum Gasteiger partial charge on any atom is -0.467 e. The molecule has 2 unspecified atom stereocenters. The van der Waals surface area contributed by atoms with Crippen LogP contribution in [0.5, 0.6) is 6.01 Å². The van der Waals surface area contributed by atoms with Gasteiger partial charge in [0.1, 0.15) is 16.7 Å². The van der Waals surface area contributed by atoms with Crippen molar-refractivity contribution in [3.05, 3.63) is 60.5 Å². The summed E-state index contributed by atoms with van der Waals surface area (Å²) in [4.78, 5) is 14.4. The van der Waals surface area contributed by atoms with Gasteiger partial charge in [-0.3, -0.25) is 4.90 Å². The van der Waals surface area contributed by atoms with E-state index in [0.717, 1.165) is 18.5 Å². The van der Waals surface area contributed by atoms with E-state index in [1.807, 2.05) is 30.3 Å². The Hall–Kier alpha value is 0.0219. The third-order valence-corrected chi connectivity index (χ3v) is 6.77. The van der Waals surface area contributed by atoms with Gasteiger partial charge in [0, 0.05) is 24.5 Å². The molecule has 0 amide bonds. The molecule has 3 aromatic rings. The molecular weight excluding hydrogens is 587 g/mol. The van der Waals surface area contributed by atoms with E-state index in [-0.39, 0.29) is 93.0 Å². The molecule has 2 saturated heterocycles. The van der Waals surface area contributed by atoms with Gasteiger partial charge in [-0.1, -0.05) is 41.9 Å².